The van der Waals surface area contributed by atoms with Crippen LogP contribution in [0.3, 0.4) is 0 Å². The molecule has 2 aliphatic rings. The summed E-state index contributed by atoms with van der Waals surface area (Å²) < 4.78 is 0. The molecule has 0 saturated heterocycles. The van der Waals surface area contributed by atoms with Gasteiger partial charge in [0.05, 0.1) is 28.3 Å². The number of carboxylic acids is 1. The number of aromatic amines is 2. The van der Waals surface area contributed by atoms with E-state index < -0.39 is 5.97 Å². The van der Waals surface area contributed by atoms with E-state index in [-0.39, 0.29) is 22.6 Å². The Morgan fingerprint density at radius 2 is 1.21 bits per heavy atom. The van der Waals surface area contributed by atoms with Crippen LogP contribution in [0.5, 0.6) is 0 Å². The van der Waals surface area contributed by atoms with Crippen molar-refractivity contribution in [3.63, 3.8) is 0 Å². The molecule has 3 N–H and O–H groups in total. The third kappa shape index (κ3) is 4.22. The maximum atomic E-state index is 11.2. The summed E-state index contributed by atoms with van der Waals surface area (Å²) in [4.78, 5) is 27.6. The van der Waals surface area contributed by atoms with Crippen molar-refractivity contribution in [2.75, 3.05) is 0 Å². The summed E-state index contributed by atoms with van der Waals surface area (Å²) in [6, 6.07) is 22.9. The van der Waals surface area contributed by atoms with Gasteiger partial charge in [-0.15, -0.1) is 0 Å². The minimum absolute atomic E-state index is 0. The third-order valence-electron chi connectivity index (χ3n) is 5.61. The Kier molecular flexibility index (Phi) is 5.49. The standard InChI is InChI=1S/C27H18N4O2.Cu/c32-27(33)17-3-1-16(2-4-17)25-14-24-13-22-8-7-20(29-22)11-18-5-6-19(28-18)12-21-9-10-23(30-21)15-26(25)31-24;/h1-15,29-30H,(H,32,33);. The summed E-state index contributed by atoms with van der Waals surface area (Å²) in [5.41, 5.74) is 9.24. The summed E-state index contributed by atoms with van der Waals surface area (Å²) in [6.45, 7) is 0. The zero-order valence-electron chi connectivity index (χ0n) is 17.7. The van der Waals surface area contributed by atoms with Gasteiger partial charge in [0.2, 0.25) is 0 Å². The molecule has 7 heteroatoms. The quantitative estimate of drug-likeness (QED) is 0.267. The maximum absolute atomic E-state index is 11.2. The van der Waals surface area contributed by atoms with E-state index in [1.54, 1.807) is 12.1 Å². The molecule has 3 aromatic heterocycles. The van der Waals surface area contributed by atoms with Crippen molar-refractivity contribution < 1.29 is 27.0 Å². The molecule has 34 heavy (non-hydrogen) atoms. The van der Waals surface area contributed by atoms with Gasteiger partial charge in [0.1, 0.15) is 0 Å². The molecule has 0 aliphatic carbocycles. The molecule has 0 atom stereocenters. The van der Waals surface area contributed by atoms with Gasteiger partial charge in [-0.1, -0.05) is 12.1 Å². The van der Waals surface area contributed by atoms with Gasteiger partial charge in [-0.05, 0) is 84.5 Å². The minimum Gasteiger partial charge on any atom is -0.478 e. The smallest absolute Gasteiger partial charge is 0.335 e. The molecule has 2 aliphatic heterocycles. The number of rotatable bonds is 2. The molecular weight excluding hydrogens is 476 g/mol. The van der Waals surface area contributed by atoms with E-state index in [0.717, 1.165) is 56.0 Å². The van der Waals surface area contributed by atoms with E-state index in [2.05, 4.69) is 15.0 Å². The Labute approximate surface area is 205 Å². The Morgan fingerprint density at radius 3 is 1.76 bits per heavy atom. The van der Waals surface area contributed by atoms with E-state index >= 15 is 0 Å². The van der Waals surface area contributed by atoms with Crippen LogP contribution in [-0.2, 0) is 17.1 Å². The number of carboxylic acid groups (broad SMARTS) is 1. The fourth-order valence-electron chi connectivity index (χ4n) is 4.04. The molecule has 169 valence electrons. The van der Waals surface area contributed by atoms with Gasteiger partial charge in [-0.2, -0.15) is 0 Å². The van der Waals surface area contributed by atoms with Gasteiger partial charge in [-0.3, -0.25) is 0 Å². The number of benzene rings is 1. The van der Waals surface area contributed by atoms with Crippen molar-refractivity contribution in [2.24, 2.45) is 0 Å². The van der Waals surface area contributed by atoms with Crippen LogP contribution in [-0.4, -0.2) is 31.0 Å². The summed E-state index contributed by atoms with van der Waals surface area (Å²) in [5, 5.41) is 9.23. The van der Waals surface area contributed by atoms with E-state index in [0.29, 0.717) is 0 Å². The largest absolute Gasteiger partial charge is 0.478 e. The Morgan fingerprint density at radius 1 is 0.676 bits per heavy atom. The van der Waals surface area contributed by atoms with Crippen molar-refractivity contribution in [1.82, 2.24) is 19.9 Å². The van der Waals surface area contributed by atoms with E-state index in [9.17, 15) is 9.90 Å². The van der Waals surface area contributed by atoms with Crippen LogP contribution in [0.15, 0.2) is 72.8 Å². The summed E-state index contributed by atoms with van der Waals surface area (Å²) in [5.74, 6) is -0.943. The first-order valence-corrected chi connectivity index (χ1v) is 10.5. The van der Waals surface area contributed by atoms with Crippen LogP contribution < -0.4 is 0 Å². The number of hydrogen-bond donors (Lipinski definition) is 3. The fraction of sp³-hybridized carbons (Fsp3) is 0. The average Bonchev–Trinajstić information content (AvgIpc) is 3.59. The predicted octanol–water partition coefficient (Wildman–Crippen LogP) is 5.77. The number of fused-ring (bicyclic) bond motifs is 8. The van der Waals surface area contributed by atoms with E-state index in [1.807, 2.05) is 78.9 Å². The number of nitrogens with zero attached hydrogens (tertiary/aromatic N) is 2. The predicted molar refractivity (Wildman–Crippen MR) is 130 cm³/mol. The number of aromatic nitrogens is 4. The minimum atomic E-state index is -0.943. The average molecular weight is 494 g/mol. The molecule has 6 rings (SSSR count). The molecule has 0 fully saturated rings. The summed E-state index contributed by atoms with van der Waals surface area (Å²) in [6.07, 6.45) is 6.01. The molecule has 1 aromatic carbocycles. The van der Waals surface area contributed by atoms with Gasteiger partial charge in [0.15, 0.2) is 0 Å². The van der Waals surface area contributed by atoms with Crippen molar-refractivity contribution in [3.05, 3.63) is 107 Å². The number of aromatic carboxylic acids is 1. The number of carbonyl (C=O) groups is 1. The second-order valence-corrected chi connectivity index (χ2v) is 7.97. The second kappa shape index (κ2) is 8.63. The normalized spacial score (nSPS) is 12.2. The van der Waals surface area contributed by atoms with Crippen molar-refractivity contribution in [2.45, 2.75) is 0 Å². The number of H-pyrrole nitrogens is 2. The zero-order chi connectivity index (χ0) is 22.4. The van der Waals surface area contributed by atoms with Crippen LogP contribution in [0.2, 0.25) is 0 Å². The fourth-order valence-corrected chi connectivity index (χ4v) is 4.04. The Balaban J connectivity index is 0.00000241. The monoisotopic (exact) mass is 493 g/mol. The molecule has 6 nitrogen and oxygen atoms in total. The molecule has 4 aromatic rings. The van der Waals surface area contributed by atoms with Crippen LogP contribution in [0.25, 0.3) is 45.9 Å². The molecule has 1 radical (unpaired) electrons. The van der Waals surface area contributed by atoms with Crippen LogP contribution >= 0.6 is 0 Å². The molecule has 0 unspecified atom stereocenters. The Hall–Kier alpha value is -4.19. The van der Waals surface area contributed by atoms with Crippen LogP contribution in [0.1, 0.15) is 38.7 Å². The summed E-state index contributed by atoms with van der Waals surface area (Å²) >= 11 is 0. The molecule has 0 amide bonds. The topological polar surface area (TPSA) is 94.7 Å². The van der Waals surface area contributed by atoms with Crippen LogP contribution in [0, 0.1) is 0 Å². The first kappa shape index (κ1) is 21.6. The van der Waals surface area contributed by atoms with E-state index in [4.69, 9.17) is 4.98 Å². The molecule has 8 bridgehead atoms. The molecule has 5 heterocycles. The van der Waals surface area contributed by atoms with E-state index in [1.165, 1.54) is 0 Å². The van der Waals surface area contributed by atoms with Crippen molar-refractivity contribution in [3.8, 4) is 0 Å². The second-order valence-electron chi connectivity index (χ2n) is 7.97. The first-order valence-electron chi connectivity index (χ1n) is 10.5. The number of hydrogen-bond acceptors (Lipinski definition) is 3. The van der Waals surface area contributed by atoms with Gasteiger partial charge >= 0.3 is 5.97 Å². The summed E-state index contributed by atoms with van der Waals surface area (Å²) in [7, 11) is 0. The molecule has 0 spiro atoms. The van der Waals surface area contributed by atoms with Gasteiger partial charge < -0.3 is 15.1 Å². The molecular formula is C27H18CuN4O2. The van der Waals surface area contributed by atoms with Crippen molar-refractivity contribution in [1.29, 1.82) is 0 Å². The molecule has 0 saturated carbocycles. The zero-order valence-corrected chi connectivity index (χ0v) is 18.7. The van der Waals surface area contributed by atoms with Crippen LogP contribution in [0.4, 0.5) is 0 Å². The van der Waals surface area contributed by atoms with Crippen molar-refractivity contribution >= 4 is 51.8 Å². The third-order valence-corrected chi connectivity index (χ3v) is 5.61. The first-order chi connectivity index (χ1) is 16.1. The SMILES string of the molecule is O=C(O)c1ccc(C2=Cc3cc4ccc(cc5nc(cc6ccc(cc2n3)[nH]6)C=C5)[nH]4)cc1.[Cu]. The Bertz CT molecular complexity index is 1640. The van der Waals surface area contributed by atoms with Gasteiger partial charge in [-0.25, -0.2) is 14.8 Å². The van der Waals surface area contributed by atoms with Gasteiger partial charge in [0.25, 0.3) is 0 Å². The number of nitrogens with one attached hydrogen (secondary N) is 2. The maximum Gasteiger partial charge on any atom is 0.335 e. The van der Waals surface area contributed by atoms with Gasteiger partial charge in [0, 0.05) is 44.7 Å².